The van der Waals surface area contributed by atoms with Crippen LogP contribution in [0, 0.1) is 0 Å². The molecule has 1 aromatic rings. The molecule has 0 aliphatic heterocycles. The summed E-state index contributed by atoms with van der Waals surface area (Å²) < 4.78 is 5.54. The van der Waals surface area contributed by atoms with Crippen molar-refractivity contribution < 1.29 is 4.74 Å². The second kappa shape index (κ2) is 9.79. The second-order valence-electron chi connectivity index (χ2n) is 4.89. The Labute approximate surface area is 117 Å². The molecular weight excluding hydrogens is 236 g/mol. The van der Waals surface area contributed by atoms with Gasteiger partial charge in [0.05, 0.1) is 12.8 Å². The fourth-order valence-corrected chi connectivity index (χ4v) is 2.18. The molecule has 1 N–H and O–H groups in total. The lowest BCUT2D eigenvalue weighted by atomic mass is 10.0. The zero-order valence-electron chi connectivity index (χ0n) is 12.6. The molecule has 0 aliphatic rings. The highest BCUT2D eigenvalue weighted by Gasteiger charge is 2.11. The number of hydrogen-bond acceptors (Lipinski definition) is 3. The fraction of sp³-hybridized carbons (Fsp3) is 0.688. The van der Waals surface area contributed by atoms with Gasteiger partial charge in [0.25, 0.3) is 0 Å². The summed E-state index contributed by atoms with van der Waals surface area (Å²) in [5, 5.41) is 3.62. The van der Waals surface area contributed by atoms with Crippen LogP contribution in [-0.2, 0) is 0 Å². The molecule has 0 saturated heterocycles. The number of nitrogens with zero attached hydrogens (tertiary/aromatic N) is 1. The lowest BCUT2D eigenvalue weighted by molar-refractivity contribution is 0.337. The van der Waals surface area contributed by atoms with Crippen LogP contribution >= 0.6 is 0 Å². The van der Waals surface area contributed by atoms with Crippen molar-refractivity contribution in [2.45, 2.75) is 58.9 Å². The topological polar surface area (TPSA) is 34.2 Å². The Hall–Kier alpha value is -1.09. The van der Waals surface area contributed by atoms with Crippen molar-refractivity contribution in [1.82, 2.24) is 10.3 Å². The maximum atomic E-state index is 5.54. The van der Waals surface area contributed by atoms with E-state index in [4.69, 9.17) is 4.74 Å². The molecule has 108 valence electrons. The Kier molecular flexibility index (Phi) is 8.23. The Morgan fingerprint density at radius 1 is 1.16 bits per heavy atom. The number of rotatable bonds is 10. The van der Waals surface area contributed by atoms with Gasteiger partial charge in [-0.1, -0.05) is 33.1 Å². The number of nitrogens with one attached hydrogen (secondary N) is 1. The van der Waals surface area contributed by atoms with E-state index in [0.29, 0.717) is 12.6 Å². The first-order valence-corrected chi connectivity index (χ1v) is 7.62. The van der Waals surface area contributed by atoms with Crippen molar-refractivity contribution in [2.24, 2.45) is 0 Å². The number of ether oxygens (including phenoxy) is 1. The quantitative estimate of drug-likeness (QED) is 0.646. The summed E-state index contributed by atoms with van der Waals surface area (Å²) in [6, 6.07) is 2.52. The van der Waals surface area contributed by atoms with E-state index in [-0.39, 0.29) is 0 Å². The van der Waals surface area contributed by atoms with Gasteiger partial charge >= 0.3 is 0 Å². The van der Waals surface area contributed by atoms with Gasteiger partial charge < -0.3 is 10.1 Å². The van der Waals surface area contributed by atoms with Crippen LogP contribution in [0.3, 0.4) is 0 Å². The van der Waals surface area contributed by atoms with Crippen molar-refractivity contribution >= 4 is 0 Å². The first kappa shape index (κ1) is 16.0. The number of hydrogen-bond donors (Lipinski definition) is 1. The van der Waals surface area contributed by atoms with E-state index in [9.17, 15) is 0 Å². The van der Waals surface area contributed by atoms with Crippen molar-refractivity contribution in [3.63, 3.8) is 0 Å². The molecule has 0 radical (unpaired) electrons. The van der Waals surface area contributed by atoms with Crippen LogP contribution in [0.5, 0.6) is 5.75 Å². The SMILES string of the molecule is CCCCCC(NCCC)c1cncc(OCC)c1. The summed E-state index contributed by atoms with van der Waals surface area (Å²) in [7, 11) is 0. The average Bonchev–Trinajstić information content (AvgIpc) is 2.43. The molecular formula is C16H28N2O. The van der Waals surface area contributed by atoms with E-state index in [2.05, 4.69) is 30.2 Å². The number of pyridine rings is 1. The van der Waals surface area contributed by atoms with Gasteiger partial charge in [-0.05, 0) is 37.9 Å². The van der Waals surface area contributed by atoms with Gasteiger partial charge in [0.15, 0.2) is 0 Å². The van der Waals surface area contributed by atoms with E-state index < -0.39 is 0 Å². The molecule has 1 aromatic heterocycles. The molecule has 0 bridgehead atoms. The normalized spacial score (nSPS) is 12.4. The molecule has 0 aromatic carbocycles. The first-order chi connectivity index (χ1) is 9.31. The smallest absolute Gasteiger partial charge is 0.137 e. The first-order valence-electron chi connectivity index (χ1n) is 7.62. The molecule has 1 rings (SSSR count). The molecule has 1 atom stereocenters. The largest absolute Gasteiger partial charge is 0.492 e. The zero-order chi connectivity index (χ0) is 13.9. The highest BCUT2D eigenvalue weighted by molar-refractivity contribution is 5.26. The van der Waals surface area contributed by atoms with Gasteiger partial charge in [-0.2, -0.15) is 0 Å². The van der Waals surface area contributed by atoms with Crippen LogP contribution in [0.2, 0.25) is 0 Å². The van der Waals surface area contributed by atoms with Crippen LogP contribution in [0.4, 0.5) is 0 Å². The minimum atomic E-state index is 0.402. The van der Waals surface area contributed by atoms with Gasteiger partial charge in [-0.15, -0.1) is 0 Å². The lowest BCUT2D eigenvalue weighted by Gasteiger charge is -2.19. The Balaban J connectivity index is 2.68. The highest BCUT2D eigenvalue weighted by atomic mass is 16.5. The van der Waals surface area contributed by atoms with Gasteiger partial charge in [0, 0.05) is 12.2 Å². The van der Waals surface area contributed by atoms with E-state index >= 15 is 0 Å². The molecule has 0 spiro atoms. The predicted octanol–water partition coefficient (Wildman–Crippen LogP) is 4.10. The van der Waals surface area contributed by atoms with Gasteiger partial charge in [-0.3, -0.25) is 4.98 Å². The van der Waals surface area contributed by atoms with E-state index in [1.165, 1.54) is 31.2 Å². The summed E-state index contributed by atoms with van der Waals surface area (Å²) in [4.78, 5) is 4.30. The van der Waals surface area contributed by atoms with Gasteiger partial charge in [0.1, 0.15) is 5.75 Å². The predicted molar refractivity (Wildman–Crippen MR) is 80.6 cm³/mol. The van der Waals surface area contributed by atoms with Gasteiger partial charge in [0.2, 0.25) is 0 Å². The van der Waals surface area contributed by atoms with Crippen LogP contribution in [-0.4, -0.2) is 18.1 Å². The third-order valence-corrected chi connectivity index (χ3v) is 3.18. The number of unbranched alkanes of at least 4 members (excludes halogenated alkanes) is 2. The standard InChI is InChI=1S/C16H28N2O/c1-4-7-8-9-16(18-10-5-2)14-11-15(19-6-3)13-17-12-14/h11-13,16,18H,4-10H2,1-3H3. The summed E-state index contributed by atoms with van der Waals surface area (Å²) in [6.45, 7) is 8.18. The molecule has 19 heavy (non-hydrogen) atoms. The third-order valence-electron chi connectivity index (χ3n) is 3.18. The Morgan fingerprint density at radius 2 is 2.00 bits per heavy atom. The summed E-state index contributed by atoms with van der Waals surface area (Å²) in [5.41, 5.74) is 1.25. The van der Waals surface area contributed by atoms with E-state index in [1.54, 1.807) is 6.20 Å². The molecule has 1 unspecified atom stereocenters. The zero-order valence-corrected chi connectivity index (χ0v) is 12.6. The van der Waals surface area contributed by atoms with Crippen LogP contribution in [0.1, 0.15) is 64.5 Å². The second-order valence-corrected chi connectivity index (χ2v) is 4.89. The van der Waals surface area contributed by atoms with Crippen molar-refractivity contribution in [2.75, 3.05) is 13.2 Å². The van der Waals surface area contributed by atoms with E-state index in [0.717, 1.165) is 18.7 Å². The summed E-state index contributed by atoms with van der Waals surface area (Å²) in [6.07, 6.45) is 9.89. The van der Waals surface area contributed by atoms with Crippen LogP contribution in [0.25, 0.3) is 0 Å². The van der Waals surface area contributed by atoms with Crippen molar-refractivity contribution in [3.8, 4) is 5.75 Å². The Bertz CT molecular complexity index is 341. The number of aromatic nitrogens is 1. The molecule has 0 fully saturated rings. The van der Waals surface area contributed by atoms with E-state index in [1.807, 2.05) is 13.1 Å². The fourth-order valence-electron chi connectivity index (χ4n) is 2.18. The molecule has 0 saturated carbocycles. The molecule has 1 heterocycles. The molecule has 3 nitrogen and oxygen atoms in total. The maximum absolute atomic E-state index is 5.54. The molecule has 3 heteroatoms. The highest BCUT2D eigenvalue weighted by Crippen LogP contribution is 2.22. The lowest BCUT2D eigenvalue weighted by Crippen LogP contribution is -2.22. The van der Waals surface area contributed by atoms with Crippen molar-refractivity contribution in [1.29, 1.82) is 0 Å². The monoisotopic (exact) mass is 264 g/mol. The molecule has 0 aliphatic carbocycles. The minimum Gasteiger partial charge on any atom is -0.492 e. The molecule has 0 amide bonds. The minimum absolute atomic E-state index is 0.402. The Morgan fingerprint density at radius 3 is 2.68 bits per heavy atom. The van der Waals surface area contributed by atoms with Gasteiger partial charge in [-0.25, -0.2) is 0 Å². The average molecular weight is 264 g/mol. The third kappa shape index (κ3) is 6.06. The maximum Gasteiger partial charge on any atom is 0.137 e. The van der Waals surface area contributed by atoms with Crippen LogP contribution in [0.15, 0.2) is 18.5 Å². The van der Waals surface area contributed by atoms with Crippen LogP contribution < -0.4 is 10.1 Å². The van der Waals surface area contributed by atoms with Crippen molar-refractivity contribution in [3.05, 3.63) is 24.0 Å². The summed E-state index contributed by atoms with van der Waals surface area (Å²) >= 11 is 0. The summed E-state index contributed by atoms with van der Waals surface area (Å²) in [5.74, 6) is 0.874.